The Morgan fingerprint density at radius 3 is 3.00 bits per heavy atom. The Labute approximate surface area is 103 Å². The van der Waals surface area contributed by atoms with Gasteiger partial charge in [0.1, 0.15) is 6.29 Å². The van der Waals surface area contributed by atoms with Crippen molar-refractivity contribution in [1.82, 2.24) is 0 Å². The number of rotatable bonds is 1. The second kappa shape index (κ2) is 3.82. The number of aldehydes is 1. The van der Waals surface area contributed by atoms with Crippen molar-refractivity contribution in [2.45, 2.75) is 6.54 Å². The summed E-state index contributed by atoms with van der Waals surface area (Å²) in [4.78, 5) is 11.9. The second-order valence-electron chi connectivity index (χ2n) is 3.91. The lowest BCUT2D eigenvalue weighted by molar-refractivity contribution is 0.112. The molecule has 0 saturated heterocycles. The van der Waals surface area contributed by atoms with Crippen LogP contribution in [0.3, 0.4) is 0 Å². The highest BCUT2D eigenvalue weighted by atomic mass is 32.1. The van der Waals surface area contributed by atoms with Crippen LogP contribution in [-0.4, -0.2) is 12.0 Å². The molecule has 0 bridgehead atoms. The van der Waals surface area contributed by atoms with Gasteiger partial charge in [0, 0.05) is 27.3 Å². The van der Waals surface area contributed by atoms with Crippen LogP contribution in [0.4, 0.5) is 5.69 Å². The molecule has 84 valence electrons. The van der Waals surface area contributed by atoms with E-state index in [2.05, 4.69) is 5.32 Å². The molecular formula is C13H10N2OS. The summed E-state index contributed by atoms with van der Waals surface area (Å²) in [6, 6.07) is 7.36. The topological polar surface area (TPSA) is 53.0 Å². The Bertz CT molecular complexity index is 616. The van der Waals surface area contributed by atoms with Crippen molar-refractivity contribution in [3.8, 4) is 0 Å². The van der Waals surface area contributed by atoms with Crippen LogP contribution < -0.4 is 5.32 Å². The average molecular weight is 242 g/mol. The van der Waals surface area contributed by atoms with Gasteiger partial charge in [-0.25, -0.2) is 0 Å². The molecular weight excluding hydrogens is 232 g/mol. The molecule has 0 amide bonds. The normalized spacial score (nSPS) is 13.3. The van der Waals surface area contributed by atoms with E-state index in [9.17, 15) is 4.79 Å². The molecule has 0 saturated carbocycles. The number of anilines is 1. The van der Waals surface area contributed by atoms with Gasteiger partial charge in [0.05, 0.1) is 12.3 Å². The SMILES string of the molecule is N=C1c2ccc(C=O)cc2NCc2sccc21. The van der Waals surface area contributed by atoms with E-state index < -0.39 is 0 Å². The Morgan fingerprint density at radius 2 is 2.18 bits per heavy atom. The Morgan fingerprint density at radius 1 is 1.29 bits per heavy atom. The van der Waals surface area contributed by atoms with Crippen molar-refractivity contribution in [2.24, 2.45) is 0 Å². The third-order valence-electron chi connectivity index (χ3n) is 2.90. The fourth-order valence-electron chi connectivity index (χ4n) is 2.02. The molecule has 0 radical (unpaired) electrons. The van der Waals surface area contributed by atoms with E-state index >= 15 is 0 Å². The monoisotopic (exact) mass is 242 g/mol. The van der Waals surface area contributed by atoms with Gasteiger partial charge in [-0.1, -0.05) is 12.1 Å². The van der Waals surface area contributed by atoms with Crippen molar-refractivity contribution in [2.75, 3.05) is 5.32 Å². The molecule has 0 aliphatic carbocycles. The van der Waals surface area contributed by atoms with Gasteiger partial charge in [-0.05, 0) is 17.5 Å². The minimum atomic E-state index is 0.527. The molecule has 0 atom stereocenters. The van der Waals surface area contributed by atoms with Crippen LogP contribution in [0.25, 0.3) is 0 Å². The molecule has 3 nitrogen and oxygen atoms in total. The summed E-state index contributed by atoms with van der Waals surface area (Å²) in [6.07, 6.45) is 0.826. The molecule has 2 heterocycles. The molecule has 1 aromatic heterocycles. The van der Waals surface area contributed by atoms with Gasteiger partial charge < -0.3 is 5.32 Å². The maximum Gasteiger partial charge on any atom is 0.150 e. The smallest absolute Gasteiger partial charge is 0.150 e. The molecule has 0 unspecified atom stereocenters. The zero-order valence-corrected chi connectivity index (χ0v) is 9.80. The predicted molar refractivity (Wildman–Crippen MR) is 69.4 cm³/mol. The van der Waals surface area contributed by atoms with Gasteiger partial charge in [0.15, 0.2) is 0 Å². The summed E-state index contributed by atoms with van der Waals surface area (Å²) in [5, 5.41) is 13.5. The van der Waals surface area contributed by atoms with Crippen LogP contribution in [0.5, 0.6) is 0 Å². The molecule has 17 heavy (non-hydrogen) atoms. The fraction of sp³-hybridized carbons (Fsp3) is 0.0769. The van der Waals surface area contributed by atoms with Crippen LogP contribution in [0.1, 0.15) is 26.4 Å². The molecule has 4 heteroatoms. The first kappa shape index (κ1) is 10.2. The minimum absolute atomic E-state index is 0.527. The van der Waals surface area contributed by atoms with Crippen molar-refractivity contribution in [1.29, 1.82) is 5.41 Å². The largest absolute Gasteiger partial charge is 0.380 e. The Hall–Kier alpha value is -1.94. The molecule has 1 aliphatic heterocycles. The van der Waals surface area contributed by atoms with E-state index in [1.807, 2.05) is 17.5 Å². The first-order chi connectivity index (χ1) is 8.29. The van der Waals surface area contributed by atoms with E-state index in [0.717, 1.165) is 23.1 Å². The van der Waals surface area contributed by atoms with Gasteiger partial charge in [-0.2, -0.15) is 0 Å². The summed E-state index contributed by atoms with van der Waals surface area (Å²) in [7, 11) is 0. The number of hydrogen-bond donors (Lipinski definition) is 2. The van der Waals surface area contributed by atoms with Crippen LogP contribution in [0, 0.1) is 5.41 Å². The molecule has 1 aromatic carbocycles. The van der Waals surface area contributed by atoms with Crippen LogP contribution in [0.2, 0.25) is 0 Å². The van der Waals surface area contributed by atoms with Crippen LogP contribution in [0.15, 0.2) is 29.6 Å². The third-order valence-corrected chi connectivity index (χ3v) is 3.82. The predicted octanol–water partition coefficient (Wildman–Crippen LogP) is 2.90. The fourth-order valence-corrected chi connectivity index (χ4v) is 2.84. The summed E-state index contributed by atoms with van der Waals surface area (Å²) in [5.41, 5.74) is 3.86. The van der Waals surface area contributed by atoms with E-state index in [4.69, 9.17) is 5.41 Å². The van der Waals surface area contributed by atoms with Gasteiger partial charge in [0.2, 0.25) is 0 Å². The number of hydrogen-bond acceptors (Lipinski definition) is 4. The number of benzene rings is 1. The summed E-state index contributed by atoms with van der Waals surface area (Å²) in [5.74, 6) is 0. The van der Waals surface area contributed by atoms with E-state index in [0.29, 0.717) is 17.8 Å². The van der Waals surface area contributed by atoms with E-state index in [1.165, 1.54) is 4.88 Å². The van der Waals surface area contributed by atoms with E-state index in [-0.39, 0.29) is 0 Å². The number of thiophene rings is 1. The number of carbonyl (C=O) groups is 1. The third kappa shape index (κ3) is 1.57. The molecule has 0 spiro atoms. The molecule has 3 rings (SSSR count). The summed E-state index contributed by atoms with van der Waals surface area (Å²) >= 11 is 1.65. The van der Waals surface area contributed by atoms with Crippen molar-refractivity contribution in [3.63, 3.8) is 0 Å². The lowest BCUT2D eigenvalue weighted by Crippen LogP contribution is -2.02. The molecule has 1 aliphatic rings. The van der Waals surface area contributed by atoms with Crippen molar-refractivity contribution >= 4 is 29.0 Å². The first-order valence-electron chi connectivity index (χ1n) is 5.28. The second-order valence-corrected chi connectivity index (χ2v) is 4.91. The van der Waals surface area contributed by atoms with Gasteiger partial charge in [-0.15, -0.1) is 11.3 Å². The molecule has 2 N–H and O–H groups in total. The summed E-state index contributed by atoms with van der Waals surface area (Å²) in [6.45, 7) is 0.713. The molecule has 0 fully saturated rings. The number of nitrogens with one attached hydrogen (secondary N) is 2. The highest BCUT2D eigenvalue weighted by molar-refractivity contribution is 7.10. The van der Waals surface area contributed by atoms with Gasteiger partial charge >= 0.3 is 0 Å². The zero-order valence-electron chi connectivity index (χ0n) is 8.99. The van der Waals surface area contributed by atoms with Crippen molar-refractivity contribution in [3.05, 3.63) is 51.2 Å². The zero-order chi connectivity index (χ0) is 11.8. The van der Waals surface area contributed by atoms with Crippen molar-refractivity contribution < 1.29 is 4.79 Å². The maximum atomic E-state index is 10.7. The highest BCUT2D eigenvalue weighted by Crippen LogP contribution is 2.29. The number of fused-ring (bicyclic) bond motifs is 2. The van der Waals surface area contributed by atoms with E-state index in [1.54, 1.807) is 23.5 Å². The number of carbonyl (C=O) groups excluding carboxylic acids is 1. The lowest BCUT2D eigenvalue weighted by atomic mass is 10.0. The van der Waals surface area contributed by atoms with Crippen LogP contribution in [-0.2, 0) is 6.54 Å². The minimum Gasteiger partial charge on any atom is -0.380 e. The average Bonchev–Trinajstić information content (AvgIpc) is 2.79. The summed E-state index contributed by atoms with van der Waals surface area (Å²) < 4.78 is 0. The molecule has 2 aromatic rings. The standard InChI is InChI=1S/C13H10N2OS/c14-13-9-2-1-8(7-16)5-11(9)15-6-12-10(13)3-4-17-12/h1-5,7,14-15H,6H2. The Balaban J connectivity index is 2.17. The van der Waals surface area contributed by atoms with Crippen LogP contribution >= 0.6 is 11.3 Å². The van der Waals surface area contributed by atoms with Gasteiger partial charge in [-0.3, -0.25) is 10.2 Å². The highest BCUT2D eigenvalue weighted by Gasteiger charge is 2.18. The first-order valence-corrected chi connectivity index (χ1v) is 6.16. The maximum absolute atomic E-state index is 10.7. The van der Waals surface area contributed by atoms with Gasteiger partial charge in [0.25, 0.3) is 0 Å². The quantitative estimate of drug-likeness (QED) is 0.755. The Kier molecular flexibility index (Phi) is 2.30. The lowest BCUT2D eigenvalue weighted by Gasteiger charge is -2.08.